The first-order chi connectivity index (χ1) is 46.2. The maximum atomic E-state index is 11.4. The van der Waals surface area contributed by atoms with Crippen LogP contribution in [-0.4, -0.2) is 24.2 Å². The van der Waals surface area contributed by atoms with Crippen molar-refractivity contribution < 1.29 is 5.11 Å². The van der Waals surface area contributed by atoms with Gasteiger partial charge in [-0.15, -0.1) is 0 Å². The number of hydrogen-bond donors (Lipinski definition) is 1. The van der Waals surface area contributed by atoms with Crippen LogP contribution in [0.25, 0.3) is 121 Å². The molecule has 0 aliphatic heterocycles. The minimum Gasteiger partial charge on any atom is -0.385 e. The van der Waals surface area contributed by atoms with Gasteiger partial charge in [-0.25, -0.2) is 9.97 Å². The zero-order valence-corrected chi connectivity index (χ0v) is 55.6. The third kappa shape index (κ3) is 10.7. The van der Waals surface area contributed by atoms with Gasteiger partial charge in [-0.1, -0.05) is 292 Å². The second kappa shape index (κ2) is 23.8. The van der Waals surface area contributed by atoms with Crippen LogP contribution in [0.15, 0.2) is 261 Å². The van der Waals surface area contributed by atoms with E-state index in [9.17, 15) is 5.11 Å². The molecule has 0 unspecified atom stereocenters. The largest absolute Gasteiger partial charge is 0.385 e. The Kier molecular flexibility index (Phi) is 15.0. The van der Waals surface area contributed by atoms with Gasteiger partial charge in [0, 0.05) is 27.9 Å². The highest BCUT2D eigenvalue weighted by atomic mass is 16.3. The topological polar surface area (TPSA) is 55.9 Å². The molecule has 0 saturated heterocycles. The van der Waals surface area contributed by atoms with Crippen molar-refractivity contribution in [1.29, 1.82) is 0 Å². The van der Waals surface area contributed by atoms with Crippen LogP contribution in [0.1, 0.15) is 134 Å². The third-order valence-electron chi connectivity index (χ3n) is 21.2. The molecule has 0 amide bonds. The molecule has 5 nitrogen and oxygen atoms in total. The summed E-state index contributed by atoms with van der Waals surface area (Å²) >= 11 is 0. The van der Waals surface area contributed by atoms with Gasteiger partial charge >= 0.3 is 0 Å². The van der Waals surface area contributed by atoms with Crippen molar-refractivity contribution in [1.82, 2.24) is 19.1 Å². The first kappa shape index (κ1) is 60.0. The van der Waals surface area contributed by atoms with Crippen molar-refractivity contribution >= 4 is 86.7 Å². The van der Waals surface area contributed by atoms with Gasteiger partial charge in [0.25, 0.3) is 0 Å². The van der Waals surface area contributed by atoms with Gasteiger partial charge in [-0.2, -0.15) is 0 Å². The van der Waals surface area contributed by atoms with Crippen molar-refractivity contribution in [3.05, 3.63) is 289 Å². The standard InChI is InChI=1S/C45H40N2.C26H28O.C19H14N2/c1-44(2,3)35-28-32-17-16-30-19-25-38(37-24-18-33(29-35)41(32)42(30)37)45(26-10-5-11-27-45)34-20-22-36(23-21-34)47-40-15-9-8-14-39(40)46-43(47)31-12-6-4-7-13-31;1-25(2,3)20-15-18-8-7-17-10-12-22(26(27)13-5-4-6-14-26)21-11-9-19(16-20)23(18)24(17)21;1-3-9-15(10-4-1)19-20-17-13-7-8-14-18(17)21(19)16-11-5-2-6-12-16/h4,6-9,12-25,28-29H,5,10-11,26-27H2,1-3H3;7-12,15-16,27H,4-6,13-14H2,1-3H3;1-14H. The summed E-state index contributed by atoms with van der Waals surface area (Å²) in [6.45, 7) is 13.8. The summed E-state index contributed by atoms with van der Waals surface area (Å²) in [5.74, 6) is 1.95. The van der Waals surface area contributed by atoms with Crippen LogP contribution in [0, 0.1) is 0 Å². The zero-order valence-electron chi connectivity index (χ0n) is 55.6. The van der Waals surface area contributed by atoms with Gasteiger partial charge in [0.1, 0.15) is 11.6 Å². The second-order valence-corrected chi connectivity index (χ2v) is 29.2. The first-order valence-electron chi connectivity index (χ1n) is 34.6. The number of hydrogen-bond acceptors (Lipinski definition) is 3. The third-order valence-corrected chi connectivity index (χ3v) is 21.2. The van der Waals surface area contributed by atoms with E-state index in [2.05, 4.69) is 281 Å². The molecule has 18 rings (SSSR count). The molecule has 2 saturated carbocycles. The molecule has 2 aliphatic rings. The van der Waals surface area contributed by atoms with Gasteiger partial charge in [0.05, 0.1) is 27.7 Å². The minimum absolute atomic E-state index is 0.0189. The molecule has 0 spiro atoms. The molecule has 14 aromatic carbocycles. The highest BCUT2D eigenvalue weighted by molar-refractivity contribution is 6.25. The van der Waals surface area contributed by atoms with Crippen LogP contribution < -0.4 is 0 Å². The van der Waals surface area contributed by atoms with Crippen molar-refractivity contribution in [2.75, 3.05) is 0 Å². The Bertz CT molecular complexity index is 5400. The lowest BCUT2D eigenvalue weighted by Gasteiger charge is -2.40. The minimum atomic E-state index is -0.670. The van der Waals surface area contributed by atoms with Gasteiger partial charge in [-0.05, 0) is 177 Å². The summed E-state index contributed by atoms with van der Waals surface area (Å²) in [5.41, 5.74) is 15.2. The molecule has 2 aromatic heterocycles. The van der Waals surface area contributed by atoms with Crippen LogP contribution >= 0.6 is 0 Å². The van der Waals surface area contributed by atoms with Crippen LogP contribution in [0.5, 0.6) is 0 Å². The molecule has 468 valence electrons. The molecule has 2 heterocycles. The summed E-state index contributed by atoms with van der Waals surface area (Å²) in [6, 6.07) is 94.7. The molecule has 1 N–H and O–H groups in total. The number of imidazole rings is 2. The molecule has 2 aliphatic carbocycles. The van der Waals surface area contributed by atoms with Crippen molar-refractivity contribution in [3.8, 4) is 34.2 Å². The molecule has 0 radical (unpaired) electrons. The lowest BCUT2D eigenvalue weighted by Crippen LogP contribution is -2.30. The lowest BCUT2D eigenvalue weighted by molar-refractivity contribution is 0.000778. The lowest BCUT2D eigenvalue weighted by atomic mass is 9.64. The number of aliphatic hydroxyl groups is 1. The van der Waals surface area contributed by atoms with E-state index in [-0.39, 0.29) is 16.2 Å². The predicted molar refractivity (Wildman–Crippen MR) is 402 cm³/mol. The summed E-state index contributed by atoms with van der Waals surface area (Å²) in [6.07, 6.45) is 11.4. The highest BCUT2D eigenvalue weighted by Crippen LogP contribution is 2.51. The number of fused-ring (bicyclic) bond motifs is 2. The molecule has 0 atom stereocenters. The van der Waals surface area contributed by atoms with Crippen LogP contribution in [0.4, 0.5) is 0 Å². The predicted octanol–water partition coefficient (Wildman–Crippen LogP) is 23.9. The first-order valence-corrected chi connectivity index (χ1v) is 34.6. The Labute approximate surface area is 558 Å². The molecule has 2 fully saturated rings. The number of para-hydroxylation sites is 5. The Morgan fingerprint density at radius 2 is 0.705 bits per heavy atom. The van der Waals surface area contributed by atoms with Gasteiger partial charge in [0.2, 0.25) is 0 Å². The fourth-order valence-corrected chi connectivity index (χ4v) is 16.2. The van der Waals surface area contributed by atoms with E-state index >= 15 is 0 Å². The molecular weight excluding hydrogens is 1150 g/mol. The fourth-order valence-electron chi connectivity index (χ4n) is 16.2. The van der Waals surface area contributed by atoms with Gasteiger partial charge in [0.15, 0.2) is 0 Å². The smallest absolute Gasteiger partial charge is 0.145 e. The number of aromatic nitrogens is 4. The van der Waals surface area contributed by atoms with Crippen molar-refractivity contribution in [3.63, 3.8) is 0 Å². The number of benzene rings is 14. The van der Waals surface area contributed by atoms with E-state index in [0.717, 1.165) is 87.5 Å². The van der Waals surface area contributed by atoms with Crippen LogP contribution in [0.3, 0.4) is 0 Å². The second-order valence-electron chi connectivity index (χ2n) is 29.2. The van der Waals surface area contributed by atoms with E-state index in [1.165, 1.54) is 125 Å². The Balaban J connectivity index is 0.000000125. The quantitative estimate of drug-likeness (QED) is 0.162. The average Bonchev–Trinajstić information content (AvgIpc) is 1.56. The molecule has 16 aromatic rings. The highest BCUT2D eigenvalue weighted by Gasteiger charge is 2.38. The zero-order chi connectivity index (χ0) is 64.6. The normalized spacial score (nSPS) is 15.1. The average molecular weight is 1240 g/mol. The maximum absolute atomic E-state index is 11.4. The van der Waals surface area contributed by atoms with E-state index < -0.39 is 5.60 Å². The fraction of sp³-hybridized carbons (Fsp3) is 0.222. The Morgan fingerprint density at radius 1 is 0.337 bits per heavy atom. The SMILES string of the molecule is CC(C)(C)c1cc2ccc3ccc(C4(O)CCCCC4)c4ccc(c1)c2c34.CC(C)(C)c1cc2ccc3ccc(C4(c5ccc(-n6c(-c7ccccc7)nc7ccccc76)cc5)CCCCC4)c4ccc(c1)c2c34.c1ccc(-c2nc3ccccc3n2-c2ccccc2)cc1. The molecule has 5 heteroatoms. The number of nitrogens with zero attached hydrogens (tertiary/aromatic N) is 4. The monoisotopic (exact) mass is 1230 g/mol. The van der Waals surface area contributed by atoms with Crippen molar-refractivity contribution in [2.24, 2.45) is 0 Å². The van der Waals surface area contributed by atoms with Crippen LogP contribution in [0.2, 0.25) is 0 Å². The number of rotatable bonds is 7. The Morgan fingerprint density at radius 3 is 1.17 bits per heavy atom. The van der Waals surface area contributed by atoms with E-state index in [0.29, 0.717) is 0 Å². The Hall–Kier alpha value is -9.94. The maximum Gasteiger partial charge on any atom is 0.145 e. The van der Waals surface area contributed by atoms with E-state index in [4.69, 9.17) is 9.97 Å². The van der Waals surface area contributed by atoms with E-state index in [1.807, 2.05) is 30.3 Å². The van der Waals surface area contributed by atoms with E-state index in [1.54, 1.807) is 0 Å². The van der Waals surface area contributed by atoms with Crippen molar-refractivity contribution in [2.45, 2.75) is 128 Å². The molecule has 95 heavy (non-hydrogen) atoms. The summed E-state index contributed by atoms with van der Waals surface area (Å²) < 4.78 is 4.54. The van der Waals surface area contributed by atoms with Gasteiger partial charge < -0.3 is 5.11 Å². The summed E-state index contributed by atoms with van der Waals surface area (Å²) in [4.78, 5) is 9.91. The summed E-state index contributed by atoms with van der Waals surface area (Å²) in [5, 5.41) is 27.5. The summed E-state index contributed by atoms with van der Waals surface area (Å²) in [7, 11) is 0. The molecular formula is C90H82N4O. The van der Waals surface area contributed by atoms with Crippen LogP contribution in [-0.2, 0) is 21.8 Å². The molecule has 0 bridgehead atoms. The van der Waals surface area contributed by atoms with Gasteiger partial charge in [-0.3, -0.25) is 9.13 Å².